The van der Waals surface area contributed by atoms with Crippen molar-refractivity contribution >= 4 is 34.1 Å². The summed E-state index contributed by atoms with van der Waals surface area (Å²) in [6, 6.07) is 17.7. The molecule has 2 amide bonds. The smallest absolute Gasteiger partial charge is 0.254 e. The Labute approximate surface area is 195 Å². The van der Waals surface area contributed by atoms with Gasteiger partial charge in [-0.2, -0.15) is 0 Å². The van der Waals surface area contributed by atoms with Gasteiger partial charge in [0.05, 0.1) is 11.9 Å². The zero-order valence-corrected chi connectivity index (χ0v) is 19.3. The van der Waals surface area contributed by atoms with E-state index in [-0.39, 0.29) is 11.8 Å². The Morgan fingerprint density at radius 1 is 0.909 bits per heavy atom. The minimum atomic E-state index is 0.0428. The van der Waals surface area contributed by atoms with Gasteiger partial charge in [0.15, 0.2) is 0 Å². The maximum absolute atomic E-state index is 13.2. The summed E-state index contributed by atoms with van der Waals surface area (Å²) in [7, 11) is 0. The summed E-state index contributed by atoms with van der Waals surface area (Å²) >= 11 is 0. The minimum absolute atomic E-state index is 0.0428. The van der Waals surface area contributed by atoms with Gasteiger partial charge in [0.25, 0.3) is 5.91 Å². The van der Waals surface area contributed by atoms with Crippen LogP contribution in [0, 0.1) is 0 Å². The summed E-state index contributed by atoms with van der Waals surface area (Å²) in [6.07, 6.45) is 6.62. The molecule has 0 atom stereocenters. The number of carbonyl (C=O) groups excluding carboxylic acids is 2. The van der Waals surface area contributed by atoms with E-state index < -0.39 is 0 Å². The van der Waals surface area contributed by atoms with E-state index in [0.717, 1.165) is 53.8 Å². The Bertz CT molecular complexity index is 1080. The van der Waals surface area contributed by atoms with Crippen LogP contribution in [0.3, 0.4) is 0 Å². The average Bonchev–Trinajstić information content (AvgIpc) is 2.86. The highest BCUT2D eigenvalue weighted by atomic mass is 16.2. The number of fused-ring (bicyclic) bond motifs is 1. The molecule has 1 aliphatic heterocycles. The Hall–Kier alpha value is -3.41. The van der Waals surface area contributed by atoms with Crippen LogP contribution in [-0.4, -0.2) is 47.9 Å². The van der Waals surface area contributed by atoms with Gasteiger partial charge < -0.3 is 15.1 Å². The monoisotopic (exact) mass is 444 g/mol. The molecule has 1 aromatic heterocycles. The molecule has 0 bridgehead atoms. The molecule has 1 N–H and O–H groups in total. The van der Waals surface area contributed by atoms with Crippen molar-refractivity contribution in [3.05, 3.63) is 66.4 Å². The van der Waals surface area contributed by atoms with Gasteiger partial charge >= 0.3 is 0 Å². The Morgan fingerprint density at radius 2 is 1.70 bits per heavy atom. The van der Waals surface area contributed by atoms with E-state index in [1.54, 1.807) is 6.20 Å². The molecule has 3 aromatic rings. The van der Waals surface area contributed by atoms with Crippen molar-refractivity contribution in [2.45, 2.75) is 39.0 Å². The second kappa shape index (κ2) is 10.9. The first kappa shape index (κ1) is 22.8. The van der Waals surface area contributed by atoms with Crippen molar-refractivity contribution in [1.29, 1.82) is 0 Å². The molecule has 1 aliphatic rings. The molecule has 0 unspecified atom stereocenters. The third kappa shape index (κ3) is 5.69. The van der Waals surface area contributed by atoms with Crippen molar-refractivity contribution in [1.82, 2.24) is 9.88 Å². The molecule has 33 heavy (non-hydrogen) atoms. The first-order chi connectivity index (χ1) is 16.2. The van der Waals surface area contributed by atoms with Gasteiger partial charge in [0, 0.05) is 38.2 Å². The first-order valence-corrected chi connectivity index (χ1v) is 11.9. The number of pyridine rings is 1. The number of hydrogen-bond donors (Lipinski definition) is 1. The fourth-order valence-corrected chi connectivity index (χ4v) is 4.30. The summed E-state index contributed by atoms with van der Waals surface area (Å²) in [4.78, 5) is 33.9. The van der Waals surface area contributed by atoms with Crippen LogP contribution >= 0.6 is 0 Å². The second-order valence-corrected chi connectivity index (χ2v) is 8.57. The Morgan fingerprint density at radius 3 is 2.45 bits per heavy atom. The van der Waals surface area contributed by atoms with E-state index in [2.05, 4.69) is 22.1 Å². The lowest BCUT2D eigenvalue weighted by Gasteiger charge is -2.35. The normalized spacial score (nSPS) is 13.8. The molecular weight excluding hydrogens is 412 g/mol. The van der Waals surface area contributed by atoms with E-state index in [4.69, 9.17) is 0 Å². The van der Waals surface area contributed by atoms with Gasteiger partial charge in [-0.05, 0) is 35.4 Å². The molecule has 1 saturated heterocycles. The SMILES string of the molecule is CCCCCCC(=O)Nc1ccc(N2CCN(C(=O)c3cccc4ccccc34)CC2)nc1. The van der Waals surface area contributed by atoms with Crippen molar-refractivity contribution < 1.29 is 9.59 Å². The van der Waals surface area contributed by atoms with E-state index >= 15 is 0 Å². The molecule has 0 spiro atoms. The maximum atomic E-state index is 13.2. The molecule has 172 valence electrons. The average molecular weight is 445 g/mol. The van der Waals surface area contributed by atoms with E-state index in [1.165, 1.54) is 12.8 Å². The van der Waals surface area contributed by atoms with Crippen LogP contribution in [0.15, 0.2) is 60.8 Å². The topological polar surface area (TPSA) is 65.5 Å². The van der Waals surface area contributed by atoms with Crippen molar-refractivity contribution in [2.24, 2.45) is 0 Å². The van der Waals surface area contributed by atoms with E-state index in [1.807, 2.05) is 59.5 Å². The maximum Gasteiger partial charge on any atom is 0.254 e. The van der Waals surface area contributed by atoms with Crippen LogP contribution in [0.2, 0.25) is 0 Å². The number of benzene rings is 2. The van der Waals surface area contributed by atoms with E-state index in [0.29, 0.717) is 19.5 Å². The number of nitrogens with one attached hydrogen (secondary N) is 1. The lowest BCUT2D eigenvalue weighted by molar-refractivity contribution is -0.116. The van der Waals surface area contributed by atoms with Gasteiger partial charge in [0.1, 0.15) is 5.82 Å². The lowest BCUT2D eigenvalue weighted by atomic mass is 10.0. The highest BCUT2D eigenvalue weighted by Gasteiger charge is 2.24. The third-order valence-electron chi connectivity index (χ3n) is 6.20. The molecular formula is C27H32N4O2. The molecule has 0 saturated carbocycles. The largest absolute Gasteiger partial charge is 0.353 e. The molecule has 6 heteroatoms. The standard InChI is InChI=1S/C27H32N4O2/c1-2-3-4-5-13-26(32)29-22-14-15-25(28-20-22)30-16-18-31(19-17-30)27(33)24-12-8-10-21-9-6-7-11-23(21)24/h6-12,14-15,20H,2-5,13,16-19H2,1H3,(H,29,32). The molecule has 2 heterocycles. The number of hydrogen-bond acceptors (Lipinski definition) is 4. The fourth-order valence-electron chi connectivity index (χ4n) is 4.30. The number of aromatic nitrogens is 1. The second-order valence-electron chi connectivity index (χ2n) is 8.57. The summed E-state index contributed by atoms with van der Waals surface area (Å²) in [5.41, 5.74) is 1.48. The number of unbranched alkanes of at least 4 members (excludes halogenated alkanes) is 3. The van der Waals surface area contributed by atoms with Gasteiger partial charge in [-0.25, -0.2) is 4.98 Å². The fraction of sp³-hybridized carbons (Fsp3) is 0.370. The Kier molecular flexibility index (Phi) is 7.55. The van der Waals surface area contributed by atoms with Crippen LogP contribution in [0.4, 0.5) is 11.5 Å². The molecule has 0 radical (unpaired) electrons. The van der Waals surface area contributed by atoms with Gasteiger partial charge in [-0.1, -0.05) is 62.6 Å². The third-order valence-corrected chi connectivity index (χ3v) is 6.20. The first-order valence-electron chi connectivity index (χ1n) is 11.9. The van der Waals surface area contributed by atoms with Crippen LogP contribution in [0.25, 0.3) is 10.8 Å². The zero-order chi connectivity index (χ0) is 23.0. The lowest BCUT2D eigenvalue weighted by Crippen LogP contribution is -2.49. The molecule has 0 aliphatic carbocycles. The van der Waals surface area contributed by atoms with Gasteiger partial charge in [-0.15, -0.1) is 0 Å². The number of amides is 2. The number of anilines is 2. The van der Waals surface area contributed by atoms with Crippen LogP contribution in [0.5, 0.6) is 0 Å². The number of nitrogens with zero attached hydrogens (tertiary/aromatic N) is 3. The van der Waals surface area contributed by atoms with Crippen LogP contribution in [0.1, 0.15) is 49.4 Å². The number of carbonyl (C=O) groups is 2. The number of rotatable bonds is 8. The summed E-state index contributed by atoms with van der Waals surface area (Å²) in [5, 5.41) is 5.01. The molecule has 4 rings (SSSR count). The summed E-state index contributed by atoms with van der Waals surface area (Å²) < 4.78 is 0. The highest BCUT2D eigenvalue weighted by Crippen LogP contribution is 2.22. The predicted molar refractivity (Wildman–Crippen MR) is 134 cm³/mol. The highest BCUT2D eigenvalue weighted by molar-refractivity contribution is 6.07. The van der Waals surface area contributed by atoms with Gasteiger partial charge in [0.2, 0.25) is 5.91 Å². The zero-order valence-electron chi connectivity index (χ0n) is 19.3. The van der Waals surface area contributed by atoms with Crippen LogP contribution in [-0.2, 0) is 4.79 Å². The van der Waals surface area contributed by atoms with Crippen molar-refractivity contribution in [3.63, 3.8) is 0 Å². The quantitative estimate of drug-likeness (QED) is 0.491. The van der Waals surface area contributed by atoms with Crippen molar-refractivity contribution in [2.75, 3.05) is 36.4 Å². The molecule has 6 nitrogen and oxygen atoms in total. The summed E-state index contributed by atoms with van der Waals surface area (Å²) in [5.74, 6) is 0.992. The van der Waals surface area contributed by atoms with Crippen molar-refractivity contribution in [3.8, 4) is 0 Å². The predicted octanol–water partition coefficient (Wildman–Crippen LogP) is 5.11. The van der Waals surface area contributed by atoms with Crippen LogP contribution < -0.4 is 10.2 Å². The molecule has 2 aromatic carbocycles. The summed E-state index contributed by atoms with van der Waals surface area (Å²) in [6.45, 7) is 4.93. The molecule has 1 fully saturated rings. The Balaban J connectivity index is 1.30. The van der Waals surface area contributed by atoms with E-state index in [9.17, 15) is 9.59 Å². The number of piperazine rings is 1. The van der Waals surface area contributed by atoms with Gasteiger partial charge in [-0.3, -0.25) is 9.59 Å². The minimum Gasteiger partial charge on any atom is -0.353 e.